The molecule has 1 aliphatic rings. The molecule has 0 aliphatic heterocycles. The number of benzene rings is 1. The van der Waals surface area contributed by atoms with Crippen LogP contribution in [0.15, 0.2) is 12.1 Å². The Balaban J connectivity index is 2.57. The van der Waals surface area contributed by atoms with E-state index in [4.69, 9.17) is 4.74 Å². The number of hydrogen-bond donors (Lipinski definition) is 1. The van der Waals surface area contributed by atoms with Crippen LogP contribution in [0.1, 0.15) is 56.7 Å². The summed E-state index contributed by atoms with van der Waals surface area (Å²) in [5.41, 5.74) is 2.57. The first-order valence-electron chi connectivity index (χ1n) is 8.18. The van der Waals surface area contributed by atoms with Crippen molar-refractivity contribution in [2.24, 2.45) is 17.8 Å². The van der Waals surface area contributed by atoms with Crippen molar-refractivity contribution < 1.29 is 9.84 Å². The highest BCUT2D eigenvalue weighted by Crippen LogP contribution is 2.50. The topological polar surface area (TPSA) is 29.5 Å². The van der Waals surface area contributed by atoms with Crippen molar-refractivity contribution in [3.63, 3.8) is 0 Å². The molecule has 1 saturated carbocycles. The Morgan fingerprint density at radius 3 is 2.48 bits per heavy atom. The molecule has 1 aliphatic carbocycles. The van der Waals surface area contributed by atoms with Crippen LogP contribution < -0.4 is 4.74 Å². The predicted octanol–water partition coefficient (Wildman–Crippen LogP) is 4.59. The van der Waals surface area contributed by atoms with Gasteiger partial charge >= 0.3 is 0 Å². The second kappa shape index (κ2) is 6.00. The maximum atomic E-state index is 11.6. The van der Waals surface area contributed by atoms with E-state index in [1.807, 2.05) is 0 Å². The minimum Gasteiger partial charge on any atom is -0.496 e. The first kappa shape index (κ1) is 16.4. The van der Waals surface area contributed by atoms with Crippen LogP contribution in [-0.4, -0.2) is 12.2 Å². The zero-order valence-corrected chi connectivity index (χ0v) is 14.4. The molecule has 1 aromatic rings. The van der Waals surface area contributed by atoms with Crippen molar-refractivity contribution in [1.82, 2.24) is 0 Å². The summed E-state index contributed by atoms with van der Waals surface area (Å²) in [6, 6.07) is 4.19. The van der Waals surface area contributed by atoms with Crippen molar-refractivity contribution in [3.8, 4) is 5.75 Å². The second-order valence-electron chi connectivity index (χ2n) is 7.25. The molecule has 1 aromatic carbocycles. The summed E-state index contributed by atoms with van der Waals surface area (Å²) in [5, 5.41) is 11.6. The van der Waals surface area contributed by atoms with E-state index in [2.05, 4.69) is 46.8 Å². The monoisotopic (exact) mass is 290 g/mol. The van der Waals surface area contributed by atoms with E-state index in [-0.39, 0.29) is 0 Å². The molecule has 3 unspecified atom stereocenters. The van der Waals surface area contributed by atoms with Crippen LogP contribution in [0, 0.1) is 31.6 Å². The third kappa shape index (κ3) is 2.83. The highest BCUT2D eigenvalue weighted by atomic mass is 16.5. The number of aryl methyl sites for hydroxylation is 1. The van der Waals surface area contributed by atoms with Gasteiger partial charge in [-0.2, -0.15) is 0 Å². The number of aliphatic hydroxyl groups is 1. The molecule has 1 N–H and O–H groups in total. The normalized spacial score (nSPS) is 29.7. The average molecular weight is 290 g/mol. The van der Waals surface area contributed by atoms with E-state index in [0.717, 1.165) is 29.7 Å². The maximum Gasteiger partial charge on any atom is 0.128 e. The molecule has 1 fully saturated rings. The third-order valence-corrected chi connectivity index (χ3v) is 5.40. The summed E-state index contributed by atoms with van der Waals surface area (Å²) >= 11 is 0. The minimum absolute atomic E-state index is 0.296. The van der Waals surface area contributed by atoms with E-state index >= 15 is 0 Å². The van der Waals surface area contributed by atoms with Gasteiger partial charge in [0.2, 0.25) is 0 Å². The molecule has 0 radical (unpaired) electrons. The van der Waals surface area contributed by atoms with E-state index in [1.54, 1.807) is 7.11 Å². The molecular weight excluding hydrogens is 260 g/mol. The standard InChI is InChI=1S/C19H30O2/c1-12(2)16-9-7-13(3)11-19(16,20)17-10-8-14(4)15(5)18(17)21-6/h8,10,12-13,16,20H,7,9,11H2,1-6H3. The van der Waals surface area contributed by atoms with Gasteiger partial charge in [-0.3, -0.25) is 0 Å². The van der Waals surface area contributed by atoms with Crippen LogP contribution in [0.3, 0.4) is 0 Å². The lowest BCUT2D eigenvalue weighted by molar-refractivity contribution is -0.0878. The van der Waals surface area contributed by atoms with Gasteiger partial charge in [-0.25, -0.2) is 0 Å². The van der Waals surface area contributed by atoms with E-state index in [0.29, 0.717) is 17.8 Å². The van der Waals surface area contributed by atoms with E-state index in [9.17, 15) is 5.11 Å². The Labute approximate surface area is 129 Å². The fourth-order valence-corrected chi connectivity index (χ4v) is 4.08. The molecule has 21 heavy (non-hydrogen) atoms. The molecule has 2 rings (SSSR count). The number of rotatable bonds is 3. The van der Waals surface area contributed by atoms with Gasteiger partial charge in [-0.1, -0.05) is 39.3 Å². The summed E-state index contributed by atoms with van der Waals surface area (Å²) in [6.07, 6.45) is 3.12. The molecule has 0 amide bonds. The molecule has 0 bridgehead atoms. The average Bonchev–Trinajstić information content (AvgIpc) is 2.40. The summed E-state index contributed by atoms with van der Waals surface area (Å²) in [5.74, 6) is 2.19. The van der Waals surface area contributed by atoms with E-state index < -0.39 is 5.60 Å². The molecule has 118 valence electrons. The third-order valence-electron chi connectivity index (χ3n) is 5.40. The Bertz CT molecular complexity index is 507. The Morgan fingerprint density at radius 2 is 1.90 bits per heavy atom. The number of methoxy groups -OCH3 is 1. The van der Waals surface area contributed by atoms with Crippen LogP contribution in [0.2, 0.25) is 0 Å². The summed E-state index contributed by atoms with van der Waals surface area (Å²) in [6.45, 7) is 10.9. The van der Waals surface area contributed by atoms with Crippen LogP contribution in [-0.2, 0) is 5.60 Å². The highest BCUT2D eigenvalue weighted by molar-refractivity contribution is 5.48. The molecule has 0 heterocycles. The maximum absolute atomic E-state index is 11.6. The van der Waals surface area contributed by atoms with Crippen molar-refractivity contribution in [2.45, 2.75) is 59.5 Å². The van der Waals surface area contributed by atoms with Crippen LogP contribution >= 0.6 is 0 Å². The second-order valence-corrected chi connectivity index (χ2v) is 7.25. The Morgan fingerprint density at radius 1 is 1.24 bits per heavy atom. The zero-order valence-electron chi connectivity index (χ0n) is 14.4. The van der Waals surface area contributed by atoms with Gasteiger partial charge < -0.3 is 9.84 Å². The molecule has 0 saturated heterocycles. The lowest BCUT2D eigenvalue weighted by Crippen LogP contribution is -2.43. The predicted molar refractivity (Wildman–Crippen MR) is 87.7 cm³/mol. The van der Waals surface area contributed by atoms with Crippen molar-refractivity contribution in [1.29, 1.82) is 0 Å². The fourth-order valence-electron chi connectivity index (χ4n) is 4.08. The fraction of sp³-hybridized carbons (Fsp3) is 0.684. The van der Waals surface area contributed by atoms with E-state index in [1.165, 1.54) is 12.0 Å². The van der Waals surface area contributed by atoms with Gasteiger partial charge in [0.05, 0.1) is 12.7 Å². The van der Waals surface area contributed by atoms with Gasteiger partial charge in [0.15, 0.2) is 0 Å². The first-order chi connectivity index (χ1) is 9.81. The van der Waals surface area contributed by atoms with Crippen molar-refractivity contribution in [3.05, 3.63) is 28.8 Å². The van der Waals surface area contributed by atoms with Gasteiger partial charge in [0.25, 0.3) is 0 Å². The molecule has 2 nitrogen and oxygen atoms in total. The number of hydrogen-bond acceptors (Lipinski definition) is 2. The van der Waals surface area contributed by atoms with Crippen LogP contribution in [0.4, 0.5) is 0 Å². The minimum atomic E-state index is -0.768. The molecular formula is C19H30O2. The largest absolute Gasteiger partial charge is 0.496 e. The van der Waals surface area contributed by atoms with Crippen LogP contribution in [0.25, 0.3) is 0 Å². The SMILES string of the molecule is COc1c(C2(O)CC(C)CCC2C(C)C)ccc(C)c1C. The van der Waals surface area contributed by atoms with Gasteiger partial charge in [-0.05, 0) is 55.6 Å². The molecule has 0 aromatic heterocycles. The molecule has 0 spiro atoms. The first-order valence-corrected chi connectivity index (χ1v) is 8.18. The quantitative estimate of drug-likeness (QED) is 0.882. The van der Waals surface area contributed by atoms with Gasteiger partial charge in [0, 0.05) is 5.56 Å². The highest BCUT2D eigenvalue weighted by Gasteiger charge is 2.45. The van der Waals surface area contributed by atoms with Crippen molar-refractivity contribution in [2.75, 3.05) is 7.11 Å². The smallest absolute Gasteiger partial charge is 0.128 e. The lowest BCUT2D eigenvalue weighted by Gasteiger charge is -2.45. The zero-order chi connectivity index (χ0) is 15.8. The Hall–Kier alpha value is -1.02. The molecule has 3 atom stereocenters. The lowest BCUT2D eigenvalue weighted by atomic mass is 9.64. The summed E-state index contributed by atoms with van der Waals surface area (Å²) in [7, 11) is 1.71. The number of ether oxygens (including phenoxy) is 1. The van der Waals surface area contributed by atoms with Crippen LogP contribution in [0.5, 0.6) is 5.75 Å². The summed E-state index contributed by atoms with van der Waals surface area (Å²) < 4.78 is 5.68. The van der Waals surface area contributed by atoms with Crippen molar-refractivity contribution >= 4 is 0 Å². The van der Waals surface area contributed by atoms with Gasteiger partial charge in [-0.15, -0.1) is 0 Å². The summed E-state index contributed by atoms with van der Waals surface area (Å²) in [4.78, 5) is 0. The van der Waals surface area contributed by atoms with Gasteiger partial charge in [0.1, 0.15) is 5.75 Å². The Kier molecular flexibility index (Phi) is 4.67. The molecule has 2 heteroatoms.